The van der Waals surface area contributed by atoms with Gasteiger partial charge >= 0.3 is 5.97 Å². The molecule has 0 bridgehead atoms. The van der Waals surface area contributed by atoms with Gasteiger partial charge in [0.1, 0.15) is 0 Å². The monoisotopic (exact) mass is 171 g/mol. The lowest BCUT2D eigenvalue weighted by atomic mass is 9.89. The molecule has 4 heteroatoms. The third kappa shape index (κ3) is 2.54. The molecule has 1 aliphatic rings. The molecule has 0 heterocycles. The van der Waals surface area contributed by atoms with Crippen molar-refractivity contribution in [3.63, 3.8) is 0 Å². The van der Waals surface area contributed by atoms with Gasteiger partial charge in [0.2, 0.25) is 0 Å². The fourth-order valence-corrected chi connectivity index (χ4v) is 1.15. The van der Waals surface area contributed by atoms with Crippen LogP contribution in [0.25, 0.3) is 0 Å². The Morgan fingerprint density at radius 3 is 2.83 bits per heavy atom. The van der Waals surface area contributed by atoms with E-state index in [4.69, 9.17) is 9.84 Å². The van der Waals surface area contributed by atoms with Crippen molar-refractivity contribution in [1.29, 1.82) is 0 Å². The average Bonchev–Trinajstić information content (AvgIpc) is 1.93. The van der Waals surface area contributed by atoms with Gasteiger partial charge in [-0.2, -0.15) is 0 Å². The van der Waals surface area contributed by atoms with Crippen molar-refractivity contribution in [2.75, 3.05) is 7.11 Å². The lowest BCUT2D eigenvalue weighted by molar-refractivity contribution is -0.131. The molecule has 0 saturated heterocycles. The summed E-state index contributed by atoms with van der Waals surface area (Å²) in [5.74, 6) is -0.926. The van der Waals surface area contributed by atoms with E-state index in [1.165, 1.54) is 6.20 Å². The van der Waals surface area contributed by atoms with Gasteiger partial charge in [0.15, 0.2) is 0 Å². The van der Waals surface area contributed by atoms with E-state index in [2.05, 4.69) is 5.32 Å². The summed E-state index contributed by atoms with van der Waals surface area (Å²) in [4.78, 5) is 10.1. The zero-order chi connectivity index (χ0) is 8.97. The Kier molecular flexibility index (Phi) is 3.10. The number of carbonyl (C=O) groups is 1. The maximum Gasteiger partial charge on any atom is 0.329 e. The summed E-state index contributed by atoms with van der Waals surface area (Å²) in [6.07, 6.45) is 4.83. The molecule has 1 saturated carbocycles. The van der Waals surface area contributed by atoms with E-state index in [0.29, 0.717) is 12.1 Å². The second-order valence-corrected chi connectivity index (χ2v) is 2.86. The molecule has 4 nitrogen and oxygen atoms in total. The molecule has 1 fully saturated rings. The zero-order valence-corrected chi connectivity index (χ0v) is 6.99. The number of rotatable bonds is 4. The predicted molar refractivity (Wildman–Crippen MR) is 43.7 cm³/mol. The molecule has 0 amide bonds. The molecule has 12 heavy (non-hydrogen) atoms. The van der Waals surface area contributed by atoms with E-state index in [0.717, 1.165) is 18.9 Å². The Bertz CT molecular complexity index is 185. The Labute approximate surface area is 71.2 Å². The van der Waals surface area contributed by atoms with E-state index < -0.39 is 5.97 Å². The summed E-state index contributed by atoms with van der Waals surface area (Å²) in [6, 6.07) is 0.380. The number of carboxylic acids is 1. The lowest BCUT2D eigenvalue weighted by Gasteiger charge is -2.34. The van der Waals surface area contributed by atoms with Gasteiger partial charge in [-0.15, -0.1) is 0 Å². The van der Waals surface area contributed by atoms with Crippen LogP contribution < -0.4 is 5.32 Å². The molecule has 0 aromatic rings. The second kappa shape index (κ2) is 4.11. The van der Waals surface area contributed by atoms with Gasteiger partial charge < -0.3 is 15.2 Å². The minimum absolute atomic E-state index is 0.348. The highest BCUT2D eigenvalue weighted by atomic mass is 16.5. The smallest absolute Gasteiger partial charge is 0.329 e. The van der Waals surface area contributed by atoms with Crippen molar-refractivity contribution < 1.29 is 14.6 Å². The molecule has 1 rings (SSSR count). The van der Waals surface area contributed by atoms with Gasteiger partial charge in [-0.25, -0.2) is 4.79 Å². The first kappa shape index (κ1) is 9.06. The molecule has 2 N–H and O–H groups in total. The van der Waals surface area contributed by atoms with Crippen LogP contribution in [0.3, 0.4) is 0 Å². The Morgan fingerprint density at radius 2 is 2.33 bits per heavy atom. The lowest BCUT2D eigenvalue weighted by Crippen LogP contribution is -2.42. The maximum atomic E-state index is 10.1. The van der Waals surface area contributed by atoms with Crippen molar-refractivity contribution in [2.24, 2.45) is 0 Å². The summed E-state index contributed by atoms with van der Waals surface area (Å²) in [5.41, 5.74) is 0. The number of nitrogens with one attached hydrogen (secondary N) is 1. The predicted octanol–water partition coefficient (Wildman–Crippen LogP) is 0.352. The van der Waals surface area contributed by atoms with Gasteiger partial charge in [-0.1, -0.05) is 0 Å². The van der Waals surface area contributed by atoms with Crippen molar-refractivity contribution in [2.45, 2.75) is 25.0 Å². The summed E-state index contributed by atoms with van der Waals surface area (Å²) >= 11 is 0. The Hall–Kier alpha value is -1.03. The topological polar surface area (TPSA) is 58.6 Å². The minimum Gasteiger partial charge on any atom is -0.478 e. The fourth-order valence-electron chi connectivity index (χ4n) is 1.15. The van der Waals surface area contributed by atoms with Crippen molar-refractivity contribution >= 4 is 5.97 Å². The Balaban J connectivity index is 2.07. The average molecular weight is 171 g/mol. The molecule has 68 valence electrons. The van der Waals surface area contributed by atoms with Crippen molar-refractivity contribution in [3.8, 4) is 0 Å². The SMILES string of the molecule is COC1CC(N/C=C/C(=O)O)C1. The molecule has 0 aromatic heterocycles. The third-order valence-electron chi connectivity index (χ3n) is 1.99. The zero-order valence-electron chi connectivity index (χ0n) is 6.99. The van der Waals surface area contributed by atoms with Crippen LogP contribution in [0.2, 0.25) is 0 Å². The van der Waals surface area contributed by atoms with Crippen LogP contribution in [0, 0.1) is 0 Å². The van der Waals surface area contributed by atoms with E-state index >= 15 is 0 Å². The first-order valence-corrected chi connectivity index (χ1v) is 3.90. The van der Waals surface area contributed by atoms with Crippen molar-refractivity contribution in [1.82, 2.24) is 5.32 Å². The van der Waals surface area contributed by atoms with Crippen LogP contribution in [0.1, 0.15) is 12.8 Å². The molecular formula is C8H13NO3. The molecule has 1 aliphatic carbocycles. The first-order chi connectivity index (χ1) is 5.72. The fraction of sp³-hybridized carbons (Fsp3) is 0.625. The second-order valence-electron chi connectivity index (χ2n) is 2.86. The van der Waals surface area contributed by atoms with E-state index in [9.17, 15) is 4.79 Å². The van der Waals surface area contributed by atoms with Gasteiger partial charge in [0.25, 0.3) is 0 Å². The van der Waals surface area contributed by atoms with Crippen LogP contribution >= 0.6 is 0 Å². The Morgan fingerprint density at radius 1 is 1.67 bits per heavy atom. The molecule has 0 aliphatic heterocycles. The molecule has 0 atom stereocenters. The highest BCUT2D eigenvalue weighted by Gasteiger charge is 2.27. The quantitative estimate of drug-likeness (QED) is 0.599. The van der Waals surface area contributed by atoms with Gasteiger partial charge in [0, 0.05) is 25.4 Å². The number of hydrogen-bond donors (Lipinski definition) is 2. The number of aliphatic carboxylic acids is 1. The standard InChI is InChI=1S/C8H13NO3/c1-12-7-4-6(5-7)9-3-2-8(10)11/h2-3,6-7,9H,4-5H2,1H3,(H,10,11)/b3-2+. The van der Waals surface area contributed by atoms with Gasteiger partial charge in [0.05, 0.1) is 6.10 Å². The number of ether oxygens (including phenoxy) is 1. The van der Waals surface area contributed by atoms with E-state index in [1.807, 2.05) is 0 Å². The van der Waals surface area contributed by atoms with Crippen LogP contribution in [0.15, 0.2) is 12.3 Å². The highest BCUT2D eigenvalue weighted by molar-refractivity contribution is 5.79. The summed E-state index contributed by atoms with van der Waals surface area (Å²) in [7, 11) is 1.69. The number of methoxy groups -OCH3 is 1. The maximum absolute atomic E-state index is 10.1. The number of carboxylic acid groups (broad SMARTS) is 1. The van der Waals surface area contributed by atoms with E-state index in [1.54, 1.807) is 7.11 Å². The molecule has 0 spiro atoms. The normalized spacial score (nSPS) is 28.4. The van der Waals surface area contributed by atoms with Crippen LogP contribution in [0.5, 0.6) is 0 Å². The highest BCUT2D eigenvalue weighted by Crippen LogP contribution is 2.22. The van der Waals surface area contributed by atoms with Gasteiger partial charge in [-0.3, -0.25) is 0 Å². The molecule has 0 unspecified atom stereocenters. The number of hydrogen-bond acceptors (Lipinski definition) is 3. The first-order valence-electron chi connectivity index (χ1n) is 3.90. The van der Waals surface area contributed by atoms with Gasteiger partial charge in [-0.05, 0) is 12.8 Å². The summed E-state index contributed by atoms with van der Waals surface area (Å²) < 4.78 is 5.06. The molecule has 0 radical (unpaired) electrons. The summed E-state index contributed by atoms with van der Waals surface area (Å²) in [5, 5.41) is 11.2. The van der Waals surface area contributed by atoms with E-state index in [-0.39, 0.29) is 0 Å². The molecular weight excluding hydrogens is 158 g/mol. The molecule has 0 aromatic carbocycles. The van der Waals surface area contributed by atoms with Crippen molar-refractivity contribution in [3.05, 3.63) is 12.3 Å². The largest absolute Gasteiger partial charge is 0.478 e. The van der Waals surface area contributed by atoms with Crippen LogP contribution in [-0.4, -0.2) is 30.3 Å². The van der Waals surface area contributed by atoms with Crippen LogP contribution in [-0.2, 0) is 9.53 Å². The minimum atomic E-state index is -0.926. The summed E-state index contributed by atoms with van der Waals surface area (Å²) in [6.45, 7) is 0. The van der Waals surface area contributed by atoms with Crippen LogP contribution in [0.4, 0.5) is 0 Å². The third-order valence-corrected chi connectivity index (χ3v) is 1.99.